The average Bonchev–Trinajstić information content (AvgIpc) is 4.01. The summed E-state index contributed by atoms with van der Waals surface area (Å²) in [5.41, 5.74) is 6.07. The number of H-pyrrole nitrogens is 2. The van der Waals surface area contributed by atoms with Crippen LogP contribution in [0.15, 0.2) is 48.7 Å². The number of aromatic nitrogens is 4. The highest BCUT2D eigenvalue weighted by atomic mass is 16.6. The van der Waals surface area contributed by atoms with Crippen LogP contribution >= 0.6 is 0 Å². The van der Waals surface area contributed by atoms with E-state index >= 15 is 0 Å². The largest absolute Gasteiger partial charge is 0.488 e. The zero-order chi connectivity index (χ0) is 40.2. The summed E-state index contributed by atoms with van der Waals surface area (Å²) in [5, 5.41) is 4.70. The van der Waals surface area contributed by atoms with Gasteiger partial charge in [-0.05, 0) is 92.3 Å². The number of aromatic amines is 2. The van der Waals surface area contributed by atoms with E-state index in [1.165, 1.54) is 7.11 Å². The summed E-state index contributed by atoms with van der Waals surface area (Å²) in [5.74, 6) is 2.14. The van der Waals surface area contributed by atoms with Crippen LogP contribution in [0.4, 0.5) is 9.59 Å². The van der Waals surface area contributed by atoms with E-state index in [2.05, 4.69) is 51.7 Å². The molecular weight excluding hydrogens is 727 g/mol. The first-order chi connectivity index (χ1) is 27.3. The van der Waals surface area contributed by atoms with Crippen molar-refractivity contribution in [1.29, 1.82) is 0 Å². The first-order valence-corrected chi connectivity index (χ1v) is 19.7. The number of imidazole rings is 2. The van der Waals surface area contributed by atoms with Gasteiger partial charge in [-0.15, -0.1) is 0 Å². The molecule has 2 aromatic heterocycles. The molecule has 5 aromatic rings. The number of carbonyl (C=O) groups is 3. The fourth-order valence-corrected chi connectivity index (χ4v) is 8.54. The van der Waals surface area contributed by atoms with Crippen LogP contribution in [0.3, 0.4) is 0 Å². The van der Waals surface area contributed by atoms with Gasteiger partial charge in [0.25, 0.3) is 0 Å². The van der Waals surface area contributed by atoms with Gasteiger partial charge in [0, 0.05) is 37.1 Å². The Bertz CT molecular complexity index is 2340. The van der Waals surface area contributed by atoms with Crippen LogP contribution in [0, 0.1) is 11.8 Å². The van der Waals surface area contributed by atoms with E-state index in [0.29, 0.717) is 26.3 Å². The van der Waals surface area contributed by atoms with Gasteiger partial charge in [-0.3, -0.25) is 9.69 Å². The maximum atomic E-state index is 13.6. The van der Waals surface area contributed by atoms with Crippen molar-refractivity contribution in [3.05, 3.63) is 65.9 Å². The Balaban J connectivity index is 1.04. The molecule has 3 aliphatic rings. The molecule has 5 heterocycles. The first-order valence-electron chi connectivity index (χ1n) is 19.7. The monoisotopic (exact) mass is 777 g/mol. The van der Waals surface area contributed by atoms with E-state index in [-0.39, 0.29) is 35.9 Å². The molecular formula is C43H51N7O7. The van der Waals surface area contributed by atoms with Crippen molar-refractivity contribution < 1.29 is 33.3 Å². The number of alkyl carbamates (subject to hydrolysis) is 1. The number of benzene rings is 3. The van der Waals surface area contributed by atoms with Gasteiger partial charge in [0.15, 0.2) is 0 Å². The lowest BCUT2D eigenvalue weighted by molar-refractivity contribution is -0.135. The van der Waals surface area contributed by atoms with Gasteiger partial charge >= 0.3 is 12.2 Å². The van der Waals surface area contributed by atoms with Crippen LogP contribution < -0.4 is 10.1 Å². The second kappa shape index (κ2) is 15.0. The van der Waals surface area contributed by atoms with Crippen LogP contribution in [-0.2, 0) is 25.6 Å². The third kappa shape index (κ3) is 7.38. The molecule has 57 heavy (non-hydrogen) atoms. The summed E-state index contributed by atoms with van der Waals surface area (Å²) in [7, 11) is 2.98. The van der Waals surface area contributed by atoms with Gasteiger partial charge in [0.05, 0.1) is 48.7 Å². The maximum absolute atomic E-state index is 13.6. The number of carbonyl (C=O) groups excluding carboxylic acids is 3. The van der Waals surface area contributed by atoms with Crippen LogP contribution in [-0.4, -0.2) is 93.4 Å². The Labute approximate surface area is 331 Å². The summed E-state index contributed by atoms with van der Waals surface area (Å²) >= 11 is 0. The van der Waals surface area contributed by atoms with Gasteiger partial charge < -0.3 is 39.1 Å². The molecule has 300 valence electrons. The molecule has 0 spiro atoms. The SMILES string of the molecule is COC[C@@H]1C[C@@H](c2nc3c(ccc4cc5c(cc43)OCc3cc(-c4cnc([C@@H]6CCCN6C(=O)C(NC(=O)OC)C(C)C)[nH]4)ccc3-5)[nH]2)N(C(=O)OC(C)(C)C)C1. The molecule has 3 aliphatic heterocycles. The lowest BCUT2D eigenvalue weighted by Crippen LogP contribution is -2.51. The molecule has 2 fully saturated rings. The number of nitrogens with zero attached hydrogens (tertiary/aromatic N) is 4. The molecule has 3 aromatic carbocycles. The average molecular weight is 778 g/mol. The molecule has 0 bridgehead atoms. The predicted molar refractivity (Wildman–Crippen MR) is 214 cm³/mol. The Hall–Kier alpha value is -5.63. The zero-order valence-electron chi connectivity index (χ0n) is 33.6. The number of nitrogens with one attached hydrogen (secondary N) is 3. The quantitative estimate of drug-likeness (QED) is 0.144. The standard InChI is InChI=1S/C43H51N7O7/c1-23(2)36(48-41(52)55-7)40(51)49-14-8-9-33(49)38-44-19-32(46-38)26-10-12-28-27(16-26)22-56-35-18-29-25(17-30(28)35)11-13-31-37(29)47-39(45-31)34-15-24(21-54-6)20-50(34)42(53)57-43(3,4)5/h10-13,16-19,23-24,33-34,36H,8-9,14-15,20-22H2,1-7H3,(H,44,46)(H,45,47)(H,48,52)/t24-,33+,34+,36?/m1/s1. The topological polar surface area (TPSA) is 164 Å². The Kier molecular flexibility index (Phi) is 10.1. The number of hydrogen-bond acceptors (Lipinski definition) is 9. The summed E-state index contributed by atoms with van der Waals surface area (Å²) in [4.78, 5) is 59.4. The molecule has 1 unspecified atom stereocenters. The van der Waals surface area contributed by atoms with Gasteiger partial charge in [0.1, 0.15) is 35.6 Å². The first kappa shape index (κ1) is 38.3. The highest BCUT2D eigenvalue weighted by Gasteiger charge is 2.41. The van der Waals surface area contributed by atoms with Crippen LogP contribution in [0.1, 0.15) is 83.2 Å². The molecule has 8 rings (SSSR count). The van der Waals surface area contributed by atoms with E-state index < -0.39 is 17.7 Å². The molecule has 14 heteroatoms. The normalized spacial score (nSPS) is 19.8. The Morgan fingerprint density at radius 3 is 2.58 bits per heavy atom. The van der Waals surface area contributed by atoms with Crippen molar-refractivity contribution in [1.82, 2.24) is 35.1 Å². The maximum Gasteiger partial charge on any atom is 0.410 e. The molecule has 3 N–H and O–H groups in total. The molecule has 3 amide bonds. The Morgan fingerprint density at radius 2 is 1.82 bits per heavy atom. The minimum atomic E-state index is -0.695. The van der Waals surface area contributed by atoms with E-state index in [0.717, 1.165) is 86.4 Å². The van der Waals surface area contributed by atoms with Crippen molar-refractivity contribution >= 4 is 39.9 Å². The second-order valence-electron chi connectivity index (χ2n) is 16.7. The van der Waals surface area contributed by atoms with Gasteiger partial charge in [-0.1, -0.05) is 32.0 Å². The second-order valence-corrected chi connectivity index (χ2v) is 16.7. The minimum Gasteiger partial charge on any atom is -0.488 e. The number of rotatable bonds is 8. The van der Waals surface area contributed by atoms with Crippen LogP contribution in [0.5, 0.6) is 5.75 Å². The predicted octanol–water partition coefficient (Wildman–Crippen LogP) is 7.65. The molecule has 4 atom stereocenters. The van der Waals surface area contributed by atoms with Crippen molar-refractivity contribution in [3.8, 4) is 28.1 Å². The minimum absolute atomic E-state index is 0.111. The van der Waals surface area contributed by atoms with Crippen molar-refractivity contribution in [2.45, 2.75) is 84.2 Å². The van der Waals surface area contributed by atoms with E-state index in [9.17, 15) is 14.4 Å². The highest BCUT2D eigenvalue weighted by Crippen LogP contribution is 2.44. The summed E-state index contributed by atoms with van der Waals surface area (Å²) in [6.07, 6.45) is 3.17. The number of hydrogen-bond donors (Lipinski definition) is 3. The summed E-state index contributed by atoms with van der Waals surface area (Å²) < 4.78 is 22.4. The highest BCUT2D eigenvalue weighted by molar-refractivity contribution is 6.07. The fraction of sp³-hybridized carbons (Fsp3) is 0.465. The molecule has 2 saturated heterocycles. The lowest BCUT2D eigenvalue weighted by atomic mass is 9.92. The third-order valence-electron chi connectivity index (χ3n) is 11.2. The molecule has 14 nitrogen and oxygen atoms in total. The van der Waals surface area contributed by atoms with Gasteiger partial charge in [-0.2, -0.15) is 0 Å². The number of amides is 3. The summed E-state index contributed by atoms with van der Waals surface area (Å²) in [6.45, 7) is 11.5. The lowest BCUT2D eigenvalue weighted by Gasteiger charge is -2.30. The number of fused-ring (bicyclic) bond motifs is 6. The van der Waals surface area contributed by atoms with Crippen molar-refractivity contribution in [2.75, 3.05) is 33.9 Å². The van der Waals surface area contributed by atoms with Gasteiger partial charge in [0.2, 0.25) is 5.91 Å². The third-order valence-corrected chi connectivity index (χ3v) is 11.2. The zero-order valence-corrected chi connectivity index (χ0v) is 33.6. The fourth-order valence-electron chi connectivity index (χ4n) is 8.54. The molecule has 0 radical (unpaired) electrons. The molecule has 0 aliphatic carbocycles. The summed E-state index contributed by atoms with van der Waals surface area (Å²) in [6, 6.07) is 13.5. The van der Waals surface area contributed by atoms with Crippen molar-refractivity contribution in [2.24, 2.45) is 11.8 Å². The van der Waals surface area contributed by atoms with Gasteiger partial charge in [-0.25, -0.2) is 19.6 Å². The number of likely N-dealkylation sites (tertiary alicyclic amines) is 2. The molecule has 0 saturated carbocycles. The van der Waals surface area contributed by atoms with E-state index in [4.69, 9.17) is 28.9 Å². The van der Waals surface area contributed by atoms with Crippen molar-refractivity contribution in [3.63, 3.8) is 0 Å². The smallest absolute Gasteiger partial charge is 0.410 e. The number of ether oxygens (including phenoxy) is 4. The van der Waals surface area contributed by atoms with E-state index in [1.807, 2.05) is 51.8 Å². The Morgan fingerprint density at radius 1 is 1.00 bits per heavy atom. The van der Waals surface area contributed by atoms with E-state index in [1.54, 1.807) is 12.0 Å². The number of methoxy groups -OCH3 is 2. The van der Waals surface area contributed by atoms with Crippen LogP contribution in [0.2, 0.25) is 0 Å². The van der Waals surface area contributed by atoms with Crippen LogP contribution in [0.25, 0.3) is 44.2 Å².